The summed E-state index contributed by atoms with van der Waals surface area (Å²) in [6.07, 6.45) is 0.635. The third-order valence-electron chi connectivity index (χ3n) is 5.93. The van der Waals surface area contributed by atoms with E-state index in [9.17, 15) is 9.59 Å². The van der Waals surface area contributed by atoms with E-state index in [-0.39, 0.29) is 23.9 Å². The SMILES string of the molecule is COc1cc(CC(C)N2Cc3c(Cl)cccc3C2=O)cc2c1CN(C(C)C)C2=O. The minimum Gasteiger partial charge on any atom is -0.496 e. The van der Waals surface area contributed by atoms with Gasteiger partial charge in [0.15, 0.2) is 0 Å². The standard InChI is InChI=1S/C23H25ClN2O3/c1-13(2)25-12-19-17(23(25)28)9-15(10-21(19)29-4)8-14(3)26-11-18-16(22(26)27)6-5-7-20(18)24/h5-7,9-10,13-14H,8,11-12H2,1-4H3. The van der Waals surface area contributed by atoms with Crippen molar-refractivity contribution >= 4 is 23.4 Å². The van der Waals surface area contributed by atoms with Crippen molar-refractivity contribution in [1.29, 1.82) is 0 Å². The molecule has 0 saturated carbocycles. The normalized spacial score (nSPS) is 16.5. The lowest BCUT2D eigenvalue weighted by Crippen LogP contribution is -2.34. The molecule has 0 aromatic heterocycles. The minimum atomic E-state index is -0.0357. The first-order chi connectivity index (χ1) is 13.8. The zero-order chi connectivity index (χ0) is 20.9. The molecule has 2 amide bonds. The Kier molecular flexibility index (Phi) is 5.03. The van der Waals surface area contributed by atoms with Gasteiger partial charge in [0.2, 0.25) is 0 Å². The van der Waals surface area contributed by atoms with Crippen molar-refractivity contribution in [3.05, 3.63) is 63.2 Å². The van der Waals surface area contributed by atoms with Gasteiger partial charge in [-0.1, -0.05) is 17.7 Å². The summed E-state index contributed by atoms with van der Waals surface area (Å²) < 4.78 is 5.59. The molecule has 2 aliphatic rings. The third kappa shape index (κ3) is 3.27. The first-order valence-electron chi connectivity index (χ1n) is 9.91. The summed E-state index contributed by atoms with van der Waals surface area (Å²) in [5.41, 5.74) is 4.21. The number of carbonyl (C=O) groups excluding carboxylic acids is 2. The third-order valence-corrected chi connectivity index (χ3v) is 6.29. The molecule has 6 heteroatoms. The number of ether oxygens (including phenoxy) is 1. The van der Waals surface area contributed by atoms with Crippen molar-refractivity contribution in [3.63, 3.8) is 0 Å². The lowest BCUT2D eigenvalue weighted by atomic mass is 9.99. The van der Waals surface area contributed by atoms with E-state index in [4.69, 9.17) is 16.3 Å². The van der Waals surface area contributed by atoms with Crippen LogP contribution in [-0.4, -0.2) is 40.8 Å². The van der Waals surface area contributed by atoms with E-state index in [2.05, 4.69) is 0 Å². The van der Waals surface area contributed by atoms with E-state index in [1.165, 1.54) is 0 Å². The van der Waals surface area contributed by atoms with Gasteiger partial charge in [-0.15, -0.1) is 0 Å². The predicted octanol–water partition coefficient (Wildman–Crippen LogP) is 4.30. The van der Waals surface area contributed by atoms with Gasteiger partial charge in [-0.25, -0.2) is 0 Å². The fraction of sp³-hybridized carbons (Fsp3) is 0.391. The van der Waals surface area contributed by atoms with Crippen LogP contribution in [-0.2, 0) is 19.5 Å². The Hall–Kier alpha value is -2.53. The minimum absolute atomic E-state index is 0.00480. The van der Waals surface area contributed by atoms with Crippen LogP contribution in [0.25, 0.3) is 0 Å². The van der Waals surface area contributed by atoms with Crippen molar-refractivity contribution in [3.8, 4) is 5.75 Å². The van der Waals surface area contributed by atoms with Crippen LogP contribution < -0.4 is 4.74 Å². The van der Waals surface area contributed by atoms with Gasteiger partial charge in [-0.3, -0.25) is 9.59 Å². The van der Waals surface area contributed by atoms with Crippen LogP contribution in [0.1, 0.15) is 58.2 Å². The highest BCUT2D eigenvalue weighted by Crippen LogP contribution is 2.35. The number of fused-ring (bicyclic) bond motifs is 2. The molecular weight excluding hydrogens is 388 g/mol. The molecule has 0 N–H and O–H groups in total. The summed E-state index contributed by atoms with van der Waals surface area (Å²) in [4.78, 5) is 29.4. The number of hydrogen-bond acceptors (Lipinski definition) is 3. The van der Waals surface area contributed by atoms with Crippen LogP contribution in [0.4, 0.5) is 0 Å². The molecule has 1 unspecified atom stereocenters. The summed E-state index contributed by atoms with van der Waals surface area (Å²) >= 11 is 6.29. The maximum Gasteiger partial charge on any atom is 0.254 e. The van der Waals surface area contributed by atoms with Crippen molar-refractivity contribution in [2.24, 2.45) is 0 Å². The van der Waals surface area contributed by atoms with E-state index < -0.39 is 0 Å². The Morgan fingerprint density at radius 3 is 2.34 bits per heavy atom. The number of benzene rings is 2. The molecule has 0 saturated heterocycles. The van der Waals surface area contributed by atoms with Gasteiger partial charge >= 0.3 is 0 Å². The van der Waals surface area contributed by atoms with Crippen LogP contribution in [0, 0.1) is 0 Å². The number of hydrogen-bond donors (Lipinski definition) is 0. The molecular formula is C23H25ClN2O3. The molecule has 0 bridgehead atoms. The fourth-order valence-corrected chi connectivity index (χ4v) is 4.53. The molecule has 29 heavy (non-hydrogen) atoms. The molecule has 4 rings (SSSR count). The van der Waals surface area contributed by atoms with Crippen LogP contribution in [0.3, 0.4) is 0 Å². The van der Waals surface area contributed by atoms with Gasteiger partial charge in [0.1, 0.15) is 5.75 Å². The quantitative estimate of drug-likeness (QED) is 0.735. The van der Waals surface area contributed by atoms with E-state index in [1.807, 2.05) is 60.9 Å². The number of carbonyl (C=O) groups is 2. The summed E-state index contributed by atoms with van der Waals surface area (Å²) in [5, 5.41) is 0.629. The molecule has 152 valence electrons. The lowest BCUT2D eigenvalue weighted by Gasteiger charge is -2.25. The Morgan fingerprint density at radius 2 is 1.69 bits per heavy atom. The largest absolute Gasteiger partial charge is 0.496 e. The summed E-state index contributed by atoms with van der Waals surface area (Å²) in [7, 11) is 1.63. The molecule has 2 aliphatic heterocycles. The first kappa shape index (κ1) is 19.8. The lowest BCUT2D eigenvalue weighted by molar-refractivity contribution is 0.0711. The van der Waals surface area contributed by atoms with Crippen molar-refractivity contribution < 1.29 is 14.3 Å². The molecule has 0 spiro atoms. The number of amides is 2. The highest BCUT2D eigenvalue weighted by molar-refractivity contribution is 6.32. The Morgan fingerprint density at radius 1 is 1.00 bits per heavy atom. The monoisotopic (exact) mass is 412 g/mol. The maximum absolute atomic E-state index is 12.8. The van der Waals surface area contributed by atoms with E-state index in [0.717, 1.165) is 22.4 Å². The fourth-order valence-electron chi connectivity index (χ4n) is 4.29. The molecule has 2 heterocycles. The second-order valence-corrected chi connectivity index (χ2v) is 8.51. The van der Waals surface area contributed by atoms with Crippen LogP contribution in [0.2, 0.25) is 5.02 Å². The number of methoxy groups -OCH3 is 1. The second-order valence-electron chi connectivity index (χ2n) is 8.10. The summed E-state index contributed by atoms with van der Waals surface area (Å²) in [6.45, 7) is 7.14. The molecule has 0 fully saturated rings. The highest BCUT2D eigenvalue weighted by Gasteiger charge is 2.34. The number of rotatable bonds is 5. The average Bonchev–Trinajstić information content (AvgIpc) is 3.20. The molecule has 2 aromatic rings. The average molecular weight is 413 g/mol. The van der Waals surface area contributed by atoms with Gasteiger partial charge in [0, 0.05) is 45.9 Å². The Balaban J connectivity index is 1.59. The van der Waals surface area contributed by atoms with E-state index >= 15 is 0 Å². The highest BCUT2D eigenvalue weighted by atomic mass is 35.5. The van der Waals surface area contributed by atoms with Gasteiger partial charge < -0.3 is 14.5 Å². The zero-order valence-corrected chi connectivity index (χ0v) is 17.9. The topological polar surface area (TPSA) is 49.9 Å². The van der Waals surface area contributed by atoms with Crippen molar-refractivity contribution in [2.75, 3.05) is 7.11 Å². The van der Waals surface area contributed by atoms with Crippen LogP contribution >= 0.6 is 11.6 Å². The smallest absolute Gasteiger partial charge is 0.254 e. The number of nitrogens with zero attached hydrogens (tertiary/aromatic N) is 2. The Bertz CT molecular complexity index is 1000. The van der Waals surface area contributed by atoms with E-state index in [1.54, 1.807) is 7.11 Å². The van der Waals surface area contributed by atoms with Crippen LogP contribution in [0.5, 0.6) is 5.75 Å². The predicted molar refractivity (Wildman–Crippen MR) is 112 cm³/mol. The van der Waals surface area contributed by atoms with E-state index in [0.29, 0.717) is 35.7 Å². The van der Waals surface area contributed by atoms with Gasteiger partial charge in [-0.2, -0.15) is 0 Å². The molecule has 0 radical (unpaired) electrons. The molecule has 2 aromatic carbocycles. The molecule has 5 nitrogen and oxygen atoms in total. The summed E-state index contributed by atoms with van der Waals surface area (Å²) in [5.74, 6) is 0.782. The van der Waals surface area contributed by atoms with Crippen molar-refractivity contribution in [2.45, 2.75) is 52.4 Å². The van der Waals surface area contributed by atoms with Gasteiger partial charge in [-0.05, 0) is 57.0 Å². The molecule has 1 atom stereocenters. The summed E-state index contributed by atoms with van der Waals surface area (Å²) in [6, 6.07) is 9.50. The maximum atomic E-state index is 12.8. The van der Waals surface area contributed by atoms with Crippen LogP contribution in [0.15, 0.2) is 30.3 Å². The zero-order valence-electron chi connectivity index (χ0n) is 17.2. The number of halogens is 1. The van der Waals surface area contributed by atoms with Gasteiger partial charge in [0.25, 0.3) is 11.8 Å². The molecule has 0 aliphatic carbocycles. The Labute approximate surface area is 176 Å². The van der Waals surface area contributed by atoms with Crippen molar-refractivity contribution in [1.82, 2.24) is 9.80 Å². The van der Waals surface area contributed by atoms with Gasteiger partial charge in [0.05, 0.1) is 13.7 Å². The first-order valence-corrected chi connectivity index (χ1v) is 10.3. The second kappa shape index (κ2) is 7.38.